The Morgan fingerprint density at radius 2 is 1.88 bits per heavy atom. The van der Waals surface area contributed by atoms with Crippen molar-refractivity contribution < 1.29 is 14.0 Å². The molecule has 3 N–H and O–H groups in total. The molecule has 0 bridgehead atoms. The number of hydrogen-bond donors (Lipinski definition) is 2. The summed E-state index contributed by atoms with van der Waals surface area (Å²) in [4.78, 5) is 17.8. The number of alkyl carbamates (subject to hydrolysis) is 1. The van der Waals surface area contributed by atoms with Crippen LogP contribution in [0.4, 0.5) is 10.5 Å². The Kier molecular flexibility index (Phi) is 7.79. The van der Waals surface area contributed by atoms with Crippen LogP contribution in [0, 0.1) is 0 Å². The van der Waals surface area contributed by atoms with Crippen LogP contribution in [0.25, 0.3) is 10.4 Å². The Morgan fingerprint density at radius 3 is 2.48 bits per heavy atom. The first-order valence-corrected chi connectivity index (χ1v) is 15.6. The lowest BCUT2D eigenvalue weighted by Crippen LogP contribution is -2.44. The Morgan fingerprint density at radius 1 is 1.21 bits per heavy atom. The Hall–Kier alpha value is -2.06. The number of anilines is 1. The van der Waals surface area contributed by atoms with Gasteiger partial charge in [0.2, 0.25) is 0 Å². The number of carbonyl (C=O) groups excluding carboxylic acids is 1. The van der Waals surface area contributed by atoms with Gasteiger partial charge in [-0.05, 0) is 69.8 Å². The van der Waals surface area contributed by atoms with Gasteiger partial charge < -0.3 is 20.2 Å². The second-order valence-corrected chi connectivity index (χ2v) is 16.6. The SMILES string of the molecule is CC(C)OC(=O)N[C@H]1CC[C@H](c2ncc(-c3ccc(N)cc3O[Si](C)(C)C(C)(C)C)s2)CC1. The third-order valence-electron chi connectivity index (χ3n) is 6.71. The molecular formula is C25H39N3O3SSi. The molecule has 1 fully saturated rings. The van der Waals surface area contributed by atoms with Crippen LogP contribution in [0.2, 0.25) is 18.1 Å². The van der Waals surface area contributed by atoms with Crippen LogP contribution < -0.4 is 15.5 Å². The molecule has 2 aromatic rings. The predicted molar refractivity (Wildman–Crippen MR) is 140 cm³/mol. The number of rotatable bonds is 6. The van der Waals surface area contributed by atoms with Crippen molar-refractivity contribution in [3.05, 3.63) is 29.4 Å². The third-order valence-corrected chi connectivity index (χ3v) is 12.2. The fourth-order valence-corrected chi connectivity index (χ4v) is 5.90. The van der Waals surface area contributed by atoms with E-state index >= 15 is 0 Å². The number of aromatic nitrogens is 1. The van der Waals surface area contributed by atoms with Crippen molar-refractivity contribution in [3.8, 4) is 16.2 Å². The third kappa shape index (κ3) is 6.50. The largest absolute Gasteiger partial charge is 0.543 e. The molecule has 8 heteroatoms. The lowest BCUT2D eigenvalue weighted by Gasteiger charge is -2.37. The van der Waals surface area contributed by atoms with Crippen LogP contribution in [0.3, 0.4) is 0 Å². The van der Waals surface area contributed by atoms with Gasteiger partial charge in [0.25, 0.3) is 8.32 Å². The van der Waals surface area contributed by atoms with Gasteiger partial charge in [-0.2, -0.15) is 0 Å². The minimum Gasteiger partial charge on any atom is -0.543 e. The zero-order chi connectivity index (χ0) is 24.4. The summed E-state index contributed by atoms with van der Waals surface area (Å²) in [5, 5.41) is 4.25. The summed E-state index contributed by atoms with van der Waals surface area (Å²) in [7, 11) is -2.01. The monoisotopic (exact) mass is 489 g/mol. The number of hydrogen-bond acceptors (Lipinski definition) is 6. The smallest absolute Gasteiger partial charge is 0.407 e. The molecular weight excluding hydrogens is 450 g/mol. The molecule has 1 aromatic heterocycles. The van der Waals surface area contributed by atoms with Gasteiger partial charge >= 0.3 is 6.09 Å². The number of ether oxygens (including phenoxy) is 1. The van der Waals surface area contributed by atoms with Crippen molar-refractivity contribution in [1.29, 1.82) is 0 Å². The van der Waals surface area contributed by atoms with Crippen molar-refractivity contribution in [1.82, 2.24) is 10.3 Å². The molecule has 1 aliphatic carbocycles. The van der Waals surface area contributed by atoms with E-state index in [0.717, 1.165) is 46.9 Å². The maximum atomic E-state index is 11.9. The molecule has 0 saturated heterocycles. The quantitative estimate of drug-likeness (QED) is 0.339. The normalized spacial score (nSPS) is 19.4. The van der Waals surface area contributed by atoms with Gasteiger partial charge in [-0.1, -0.05) is 20.8 Å². The number of amides is 1. The van der Waals surface area contributed by atoms with Gasteiger partial charge in [-0.3, -0.25) is 0 Å². The number of nitrogens with two attached hydrogens (primary N) is 1. The minimum absolute atomic E-state index is 0.0992. The summed E-state index contributed by atoms with van der Waals surface area (Å²) in [6.07, 6.45) is 5.44. The van der Waals surface area contributed by atoms with Gasteiger partial charge in [-0.25, -0.2) is 9.78 Å². The number of benzene rings is 1. The molecule has 0 aliphatic heterocycles. The summed E-state index contributed by atoms with van der Waals surface area (Å²) in [6, 6.07) is 6.10. The van der Waals surface area contributed by atoms with Gasteiger partial charge in [0.05, 0.1) is 16.0 Å². The Balaban J connectivity index is 1.71. The van der Waals surface area contributed by atoms with E-state index in [1.54, 1.807) is 11.3 Å². The van der Waals surface area contributed by atoms with Crippen molar-refractivity contribution in [2.24, 2.45) is 0 Å². The van der Waals surface area contributed by atoms with Crippen molar-refractivity contribution in [2.75, 3.05) is 5.73 Å². The molecule has 6 nitrogen and oxygen atoms in total. The molecule has 182 valence electrons. The molecule has 3 rings (SSSR count). The van der Waals surface area contributed by atoms with Gasteiger partial charge in [0.15, 0.2) is 0 Å². The van der Waals surface area contributed by atoms with Crippen molar-refractivity contribution >= 4 is 31.4 Å². The number of carbonyl (C=O) groups is 1. The van der Waals surface area contributed by atoms with Crippen LogP contribution in [0.15, 0.2) is 24.4 Å². The number of thiazole rings is 1. The minimum atomic E-state index is -2.01. The van der Waals surface area contributed by atoms with E-state index < -0.39 is 8.32 Å². The maximum absolute atomic E-state index is 11.9. The fraction of sp³-hybridized carbons (Fsp3) is 0.600. The predicted octanol–water partition coefficient (Wildman–Crippen LogP) is 6.94. The lowest BCUT2D eigenvalue weighted by atomic mass is 9.86. The lowest BCUT2D eigenvalue weighted by molar-refractivity contribution is 0.109. The van der Waals surface area contributed by atoms with Gasteiger partial charge in [-0.15, -0.1) is 11.3 Å². The van der Waals surface area contributed by atoms with Crippen molar-refractivity contribution in [2.45, 2.75) is 96.5 Å². The first-order chi connectivity index (χ1) is 15.4. The highest BCUT2D eigenvalue weighted by atomic mass is 32.1. The average molecular weight is 490 g/mol. The summed E-state index contributed by atoms with van der Waals surface area (Å²) < 4.78 is 11.9. The molecule has 1 aliphatic rings. The maximum Gasteiger partial charge on any atom is 0.407 e. The highest BCUT2D eigenvalue weighted by Gasteiger charge is 2.39. The summed E-state index contributed by atoms with van der Waals surface area (Å²) >= 11 is 1.74. The Labute approximate surface area is 203 Å². The van der Waals surface area contributed by atoms with Crippen LogP contribution in [0.1, 0.15) is 71.2 Å². The standard InChI is InChI=1S/C25H39N3O3SSi/c1-16(2)30-24(29)28-19-11-8-17(9-12-19)23-27-15-22(32-23)20-13-10-18(26)14-21(20)31-33(6,7)25(3,4)5/h10,13-17,19H,8-9,11-12,26H2,1-7H3,(H,28,29)/t17-,19-. The fourth-order valence-electron chi connectivity index (χ4n) is 3.76. The summed E-state index contributed by atoms with van der Waals surface area (Å²) in [5.74, 6) is 1.27. The second-order valence-electron chi connectivity index (χ2n) is 10.8. The van der Waals surface area contributed by atoms with Gasteiger partial charge in [0.1, 0.15) is 5.75 Å². The molecule has 1 aromatic carbocycles. The zero-order valence-corrected chi connectivity index (χ0v) is 22.8. The van der Waals surface area contributed by atoms with E-state index in [9.17, 15) is 4.79 Å². The molecule has 0 radical (unpaired) electrons. The topological polar surface area (TPSA) is 86.5 Å². The van der Waals surface area contributed by atoms with Crippen LogP contribution in [0.5, 0.6) is 5.75 Å². The van der Waals surface area contributed by atoms with Crippen LogP contribution >= 0.6 is 11.3 Å². The van der Waals surface area contributed by atoms with Crippen LogP contribution in [-0.2, 0) is 4.74 Å². The van der Waals surface area contributed by atoms with E-state index in [4.69, 9.17) is 19.9 Å². The average Bonchev–Trinajstić information content (AvgIpc) is 3.16. The van der Waals surface area contributed by atoms with Gasteiger partial charge in [0, 0.05) is 35.5 Å². The highest BCUT2D eigenvalue weighted by Crippen LogP contribution is 2.44. The summed E-state index contributed by atoms with van der Waals surface area (Å²) in [6.45, 7) is 14.9. The number of nitrogens with one attached hydrogen (secondary N) is 1. The van der Waals surface area contributed by atoms with Crippen LogP contribution in [-0.4, -0.2) is 31.5 Å². The molecule has 33 heavy (non-hydrogen) atoms. The molecule has 0 unspecified atom stereocenters. The molecule has 0 spiro atoms. The molecule has 1 heterocycles. The summed E-state index contributed by atoms with van der Waals surface area (Å²) in [5.41, 5.74) is 7.88. The van der Waals surface area contributed by atoms with E-state index in [1.165, 1.54) is 0 Å². The van der Waals surface area contributed by atoms with E-state index in [0.29, 0.717) is 11.6 Å². The molecule has 1 amide bonds. The second kappa shape index (κ2) is 10.1. The first kappa shape index (κ1) is 25.6. The molecule has 0 atom stereocenters. The zero-order valence-electron chi connectivity index (χ0n) is 21.0. The number of nitrogen functional groups attached to an aromatic ring is 1. The highest BCUT2D eigenvalue weighted by molar-refractivity contribution is 7.15. The first-order valence-electron chi connectivity index (χ1n) is 11.9. The van der Waals surface area contributed by atoms with E-state index in [-0.39, 0.29) is 23.3 Å². The Bertz CT molecular complexity index is 960. The number of nitrogens with zero attached hydrogens (tertiary/aromatic N) is 1. The van der Waals surface area contributed by atoms with Crippen molar-refractivity contribution in [3.63, 3.8) is 0 Å². The van der Waals surface area contributed by atoms with E-state index in [2.05, 4.69) is 45.2 Å². The van der Waals surface area contributed by atoms with E-state index in [1.807, 2.05) is 32.2 Å². The molecule has 1 saturated carbocycles.